The van der Waals surface area contributed by atoms with Crippen LogP contribution in [0.4, 0.5) is 0 Å². The van der Waals surface area contributed by atoms with E-state index >= 15 is 0 Å². The van der Waals surface area contributed by atoms with Gasteiger partial charge in [-0.1, -0.05) is 30.3 Å². The maximum Gasteiger partial charge on any atom is 0.309 e. The second-order valence-corrected chi connectivity index (χ2v) is 3.22. The minimum absolute atomic E-state index is 0.0855. The minimum Gasteiger partial charge on any atom is -0.421 e. The first-order valence-corrected chi connectivity index (χ1v) is 4.69. The molecule has 0 aromatic heterocycles. The molecule has 1 aliphatic heterocycles. The van der Waals surface area contributed by atoms with Gasteiger partial charge < -0.3 is 9.47 Å². The van der Waals surface area contributed by atoms with Crippen molar-refractivity contribution >= 4 is 11.9 Å². The van der Waals surface area contributed by atoms with E-state index in [1.165, 1.54) is 0 Å². The van der Waals surface area contributed by atoms with E-state index in [-0.39, 0.29) is 12.8 Å². The number of cyclic esters (lactones) is 2. The van der Waals surface area contributed by atoms with E-state index in [9.17, 15) is 9.59 Å². The molecule has 1 aromatic carbocycles. The molecule has 4 nitrogen and oxygen atoms in total. The Labute approximate surface area is 86.8 Å². The quantitative estimate of drug-likeness (QED) is 0.654. The Hall–Kier alpha value is -1.84. The fourth-order valence-corrected chi connectivity index (χ4v) is 1.33. The lowest BCUT2D eigenvalue weighted by Crippen LogP contribution is -2.11. The van der Waals surface area contributed by atoms with Crippen LogP contribution in [0.25, 0.3) is 0 Å². The van der Waals surface area contributed by atoms with E-state index in [1.807, 2.05) is 6.07 Å². The summed E-state index contributed by atoms with van der Waals surface area (Å²) in [7, 11) is 0. The fourth-order valence-electron chi connectivity index (χ4n) is 1.33. The van der Waals surface area contributed by atoms with Gasteiger partial charge in [0.1, 0.15) is 0 Å². The van der Waals surface area contributed by atoms with E-state index in [4.69, 9.17) is 9.47 Å². The Morgan fingerprint density at radius 3 is 2.00 bits per heavy atom. The van der Waals surface area contributed by atoms with Gasteiger partial charge in [0, 0.05) is 5.56 Å². The highest BCUT2D eigenvalue weighted by atomic mass is 16.7. The van der Waals surface area contributed by atoms with Crippen LogP contribution in [0.2, 0.25) is 0 Å². The van der Waals surface area contributed by atoms with Crippen LogP contribution < -0.4 is 0 Å². The molecule has 0 radical (unpaired) electrons. The summed E-state index contributed by atoms with van der Waals surface area (Å²) in [5.74, 6) is -0.815. The number of hydrogen-bond donors (Lipinski definition) is 0. The van der Waals surface area contributed by atoms with Gasteiger partial charge >= 0.3 is 11.9 Å². The van der Waals surface area contributed by atoms with Crippen LogP contribution in [-0.2, 0) is 19.1 Å². The molecule has 1 heterocycles. The van der Waals surface area contributed by atoms with Gasteiger partial charge in [0.2, 0.25) is 0 Å². The van der Waals surface area contributed by atoms with Crippen molar-refractivity contribution in [3.8, 4) is 0 Å². The van der Waals surface area contributed by atoms with E-state index in [2.05, 4.69) is 0 Å². The highest BCUT2D eigenvalue weighted by Gasteiger charge is 2.25. The van der Waals surface area contributed by atoms with E-state index in [0.29, 0.717) is 5.56 Å². The van der Waals surface area contributed by atoms with Crippen molar-refractivity contribution in [2.24, 2.45) is 0 Å². The molecule has 1 aliphatic rings. The second kappa shape index (κ2) is 4.13. The monoisotopic (exact) mass is 206 g/mol. The van der Waals surface area contributed by atoms with Crippen LogP contribution in [0.3, 0.4) is 0 Å². The summed E-state index contributed by atoms with van der Waals surface area (Å²) >= 11 is 0. The number of carbonyl (C=O) groups is 2. The molecular weight excluding hydrogens is 196 g/mol. The summed E-state index contributed by atoms with van der Waals surface area (Å²) in [5.41, 5.74) is 0.668. The zero-order valence-corrected chi connectivity index (χ0v) is 8.01. The molecule has 2 rings (SSSR count). The Morgan fingerprint density at radius 1 is 0.933 bits per heavy atom. The van der Waals surface area contributed by atoms with Gasteiger partial charge in [0.15, 0.2) is 0 Å². The first kappa shape index (κ1) is 9.71. The summed E-state index contributed by atoms with van der Waals surface area (Å²) in [6.45, 7) is 0. The molecular formula is C11H10O4. The van der Waals surface area contributed by atoms with Crippen LogP contribution in [0.15, 0.2) is 30.3 Å². The molecule has 0 saturated carbocycles. The maximum absolute atomic E-state index is 11.2. The Morgan fingerprint density at radius 2 is 1.47 bits per heavy atom. The van der Waals surface area contributed by atoms with Crippen LogP contribution in [0.5, 0.6) is 0 Å². The van der Waals surface area contributed by atoms with Crippen molar-refractivity contribution in [1.82, 2.24) is 0 Å². The van der Waals surface area contributed by atoms with Crippen molar-refractivity contribution in [1.29, 1.82) is 0 Å². The van der Waals surface area contributed by atoms with Crippen molar-refractivity contribution in [3.63, 3.8) is 0 Å². The van der Waals surface area contributed by atoms with Gasteiger partial charge in [-0.05, 0) is 0 Å². The summed E-state index contributed by atoms with van der Waals surface area (Å²) < 4.78 is 9.97. The smallest absolute Gasteiger partial charge is 0.309 e. The Balaban J connectivity index is 2.20. The number of esters is 2. The van der Waals surface area contributed by atoms with Gasteiger partial charge in [-0.2, -0.15) is 0 Å². The summed E-state index contributed by atoms with van der Waals surface area (Å²) in [5, 5.41) is 0. The lowest BCUT2D eigenvalue weighted by molar-refractivity contribution is -0.182. The third kappa shape index (κ3) is 2.34. The van der Waals surface area contributed by atoms with Crippen molar-refractivity contribution in [3.05, 3.63) is 35.9 Å². The largest absolute Gasteiger partial charge is 0.421 e. The molecule has 78 valence electrons. The molecule has 1 saturated heterocycles. The van der Waals surface area contributed by atoms with Crippen molar-refractivity contribution in [2.75, 3.05) is 0 Å². The highest BCUT2D eigenvalue weighted by Crippen LogP contribution is 2.23. The lowest BCUT2D eigenvalue weighted by atomic mass is 10.2. The molecule has 0 aliphatic carbocycles. The first-order valence-electron chi connectivity index (χ1n) is 4.69. The molecule has 0 N–H and O–H groups in total. The molecule has 4 heteroatoms. The molecule has 15 heavy (non-hydrogen) atoms. The molecule has 0 bridgehead atoms. The zero-order chi connectivity index (χ0) is 10.7. The number of benzene rings is 1. The van der Waals surface area contributed by atoms with E-state index in [1.54, 1.807) is 24.3 Å². The number of rotatable bonds is 1. The predicted molar refractivity (Wildman–Crippen MR) is 50.6 cm³/mol. The van der Waals surface area contributed by atoms with Crippen LogP contribution in [0.1, 0.15) is 24.7 Å². The van der Waals surface area contributed by atoms with Crippen LogP contribution in [-0.4, -0.2) is 11.9 Å². The second-order valence-electron chi connectivity index (χ2n) is 3.22. The predicted octanol–water partition coefficient (Wildman–Crippen LogP) is 1.57. The third-order valence-corrected chi connectivity index (χ3v) is 2.08. The molecule has 0 spiro atoms. The topological polar surface area (TPSA) is 52.6 Å². The van der Waals surface area contributed by atoms with Gasteiger partial charge in [0.25, 0.3) is 6.29 Å². The summed E-state index contributed by atoms with van der Waals surface area (Å²) in [6.07, 6.45) is -0.724. The number of carbonyl (C=O) groups excluding carboxylic acids is 2. The van der Waals surface area contributed by atoms with E-state index < -0.39 is 18.2 Å². The van der Waals surface area contributed by atoms with Gasteiger partial charge in [-0.25, -0.2) is 0 Å². The summed E-state index contributed by atoms with van der Waals surface area (Å²) in [4.78, 5) is 22.3. The normalized spacial score (nSPS) is 17.9. The first-order chi connectivity index (χ1) is 7.25. The van der Waals surface area contributed by atoms with Gasteiger partial charge in [-0.15, -0.1) is 0 Å². The fraction of sp³-hybridized carbons (Fsp3) is 0.273. The van der Waals surface area contributed by atoms with E-state index in [0.717, 1.165) is 0 Å². The average molecular weight is 206 g/mol. The average Bonchev–Trinajstić information content (AvgIpc) is 2.42. The zero-order valence-electron chi connectivity index (χ0n) is 8.01. The number of hydrogen-bond acceptors (Lipinski definition) is 4. The van der Waals surface area contributed by atoms with Crippen molar-refractivity contribution in [2.45, 2.75) is 19.1 Å². The van der Waals surface area contributed by atoms with Gasteiger partial charge in [0.05, 0.1) is 12.8 Å². The molecule has 1 fully saturated rings. The Kier molecular flexibility index (Phi) is 2.67. The Bertz CT molecular complexity index is 353. The minimum atomic E-state index is -0.895. The van der Waals surface area contributed by atoms with Gasteiger partial charge in [-0.3, -0.25) is 9.59 Å². The molecule has 0 unspecified atom stereocenters. The number of ether oxygens (including phenoxy) is 2. The lowest BCUT2D eigenvalue weighted by Gasteiger charge is -2.14. The molecule has 0 amide bonds. The molecule has 1 aromatic rings. The standard InChI is InChI=1S/C11H10O4/c12-9-6-7-10(13)15-11(14-9)8-4-2-1-3-5-8/h1-5,11H,6-7H2. The third-order valence-electron chi connectivity index (χ3n) is 2.08. The van der Waals surface area contributed by atoms with Crippen LogP contribution >= 0.6 is 0 Å². The molecule has 0 atom stereocenters. The maximum atomic E-state index is 11.2. The summed E-state index contributed by atoms with van der Waals surface area (Å²) in [6, 6.07) is 8.92. The van der Waals surface area contributed by atoms with Crippen molar-refractivity contribution < 1.29 is 19.1 Å². The van der Waals surface area contributed by atoms with Crippen LogP contribution in [0, 0.1) is 0 Å². The highest BCUT2D eigenvalue weighted by molar-refractivity contribution is 5.79. The SMILES string of the molecule is O=C1CCC(=O)OC(c2ccccc2)O1.